The summed E-state index contributed by atoms with van der Waals surface area (Å²) in [5, 5.41) is 20.0. The Morgan fingerprint density at radius 1 is 1.17 bits per heavy atom. The maximum absolute atomic E-state index is 12.8. The molecule has 9 heteroatoms. The number of hydrogen-bond donors (Lipinski definition) is 2. The molecule has 0 aliphatic rings. The number of carbonyl (C=O) groups is 2. The van der Waals surface area contributed by atoms with Crippen molar-refractivity contribution in [2.75, 3.05) is 11.9 Å². The van der Waals surface area contributed by atoms with Crippen molar-refractivity contribution in [3.05, 3.63) is 65.2 Å². The van der Waals surface area contributed by atoms with Crippen LogP contribution in [-0.2, 0) is 15.8 Å². The van der Waals surface area contributed by atoms with Crippen LogP contribution in [0.4, 0.5) is 18.9 Å². The monoisotopic (exact) mass is 404 g/mol. The molecule has 2 N–H and O–H groups in total. The van der Waals surface area contributed by atoms with E-state index in [4.69, 9.17) is 9.84 Å². The molecule has 2 rings (SSSR count). The Hall–Kier alpha value is -3.80. The zero-order chi connectivity index (χ0) is 21.4. The Labute approximate surface area is 163 Å². The lowest BCUT2D eigenvalue weighted by Gasteiger charge is -2.09. The maximum atomic E-state index is 12.8. The SMILES string of the molecule is N#C/C(=C\c1ccc(OCCC(=O)O)cc1)C(=O)Nc1cccc(C(F)(F)F)c1. The third-order valence-corrected chi connectivity index (χ3v) is 3.59. The summed E-state index contributed by atoms with van der Waals surface area (Å²) in [6.45, 7) is -0.00659. The van der Waals surface area contributed by atoms with Gasteiger partial charge in [-0.15, -0.1) is 0 Å². The molecule has 1 amide bonds. The first kappa shape index (κ1) is 21.5. The van der Waals surface area contributed by atoms with E-state index < -0.39 is 23.6 Å². The number of rotatable bonds is 7. The van der Waals surface area contributed by atoms with Gasteiger partial charge in [0, 0.05) is 5.69 Å². The number of ether oxygens (including phenoxy) is 1. The predicted molar refractivity (Wildman–Crippen MR) is 97.9 cm³/mol. The van der Waals surface area contributed by atoms with Crippen molar-refractivity contribution in [3.63, 3.8) is 0 Å². The lowest BCUT2D eigenvalue weighted by molar-refractivity contribution is -0.138. The smallest absolute Gasteiger partial charge is 0.416 e. The highest BCUT2D eigenvalue weighted by molar-refractivity contribution is 6.09. The van der Waals surface area contributed by atoms with Crippen molar-refractivity contribution < 1.29 is 32.6 Å². The summed E-state index contributed by atoms with van der Waals surface area (Å²) < 4.78 is 43.5. The van der Waals surface area contributed by atoms with Crippen LogP contribution in [0.2, 0.25) is 0 Å². The Balaban J connectivity index is 2.08. The minimum absolute atomic E-state index is 0.00659. The second-order valence-electron chi connectivity index (χ2n) is 5.76. The van der Waals surface area contributed by atoms with Gasteiger partial charge < -0.3 is 15.2 Å². The molecule has 2 aromatic carbocycles. The first-order valence-corrected chi connectivity index (χ1v) is 8.24. The number of nitrogens with one attached hydrogen (secondary N) is 1. The van der Waals surface area contributed by atoms with Crippen LogP contribution in [0.3, 0.4) is 0 Å². The molecule has 0 unspecified atom stereocenters. The fourth-order valence-electron chi connectivity index (χ4n) is 2.20. The van der Waals surface area contributed by atoms with E-state index in [1.807, 2.05) is 0 Å². The molecule has 0 saturated carbocycles. The zero-order valence-electron chi connectivity index (χ0n) is 14.9. The van der Waals surface area contributed by atoms with Crippen LogP contribution in [-0.4, -0.2) is 23.6 Å². The number of carboxylic acid groups (broad SMARTS) is 1. The van der Waals surface area contributed by atoms with E-state index in [1.165, 1.54) is 24.3 Å². The van der Waals surface area contributed by atoms with E-state index in [9.17, 15) is 28.0 Å². The first-order chi connectivity index (χ1) is 13.7. The molecular weight excluding hydrogens is 389 g/mol. The second-order valence-corrected chi connectivity index (χ2v) is 5.76. The molecule has 0 bridgehead atoms. The molecule has 0 aliphatic carbocycles. The third kappa shape index (κ3) is 6.70. The highest BCUT2D eigenvalue weighted by Crippen LogP contribution is 2.30. The van der Waals surface area contributed by atoms with E-state index in [1.54, 1.807) is 18.2 Å². The third-order valence-electron chi connectivity index (χ3n) is 3.59. The highest BCUT2D eigenvalue weighted by Gasteiger charge is 2.30. The van der Waals surface area contributed by atoms with Gasteiger partial charge in [0.1, 0.15) is 17.4 Å². The molecule has 29 heavy (non-hydrogen) atoms. The molecule has 150 valence electrons. The van der Waals surface area contributed by atoms with Gasteiger partial charge in [-0.3, -0.25) is 9.59 Å². The van der Waals surface area contributed by atoms with Crippen molar-refractivity contribution in [2.45, 2.75) is 12.6 Å². The van der Waals surface area contributed by atoms with Crippen molar-refractivity contribution in [1.29, 1.82) is 5.26 Å². The van der Waals surface area contributed by atoms with Crippen LogP contribution in [0.15, 0.2) is 54.1 Å². The van der Waals surface area contributed by atoms with Crippen molar-refractivity contribution in [1.82, 2.24) is 0 Å². The van der Waals surface area contributed by atoms with E-state index in [2.05, 4.69) is 5.32 Å². The Bertz CT molecular complexity index is 961. The highest BCUT2D eigenvalue weighted by atomic mass is 19.4. The fraction of sp³-hybridized carbons (Fsp3) is 0.150. The van der Waals surface area contributed by atoms with Crippen molar-refractivity contribution in [3.8, 4) is 11.8 Å². The van der Waals surface area contributed by atoms with E-state index in [-0.39, 0.29) is 24.3 Å². The number of nitrogens with zero attached hydrogens (tertiary/aromatic N) is 1. The first-order valence-electron chi connectivity index (χ1n) is 8.24. The minimum atomic E-state index is -4.55. The van der Waals surface area contributed by atoms with Gasteiger partial charge in [-0.25, -0.2) is 0 Å². The van der Waals surface area contributed by atoms with E-state index in [0.29, 0.717) is 11.3 Å². The van der Waals surface area contributed by atoms with Crippen LogP contribution in [0.1, 0.15) is 17.5 Å². The maximum Gasteiger partial charge on any atom is 0.416 e. The molecule has 0 atom stereocenters. The quantitative estimate of drug-likeness (QED) is 0.535. The summed E-state index contributed by atoms with van der Waals surface area (Å²) in [6.07, 6.45) is -3.44. The second kappa shape index (κ2) is 9.41. The zero-order valence-corrected chi connectivity index (χ0v) is 14.9. The molecule has 0 aromatic heterocycles. The Morgan fingerprint density at radius 3 is 2.45 bits per heavy atom. The number of hydrogen-bond acceptors (Lipinski definition) is 4. The van der Waals surface area contributed by atoms with Gasteiger partial charge in [-0.1, -0.05) is 18.2 Å². The summed E-state index contributed by atoms with van der Waals surface area (Å²) in [7, 11) is 0. The topological polar surface area (TPSA) is 99.4 Å². The van der Waals surface area contributed by atoms with Gasteiger partial charge in [0.25, 0.3) is 5.91 Å². The average molecular weight is 404 g/mol. The fourth-order valence-corrected chi connectivity index (χ4v) is 2.20. The number of halogens is 3. The van der Waals surface area contributed by atoms with Crippen LogP contribution in [0, 0.1) is 11.3 Å². The van der Waals surface area contributed by atoms with E-state index >= 15 is 0 Å². The molecule has 0 heterocycles. The van der Waals surface area contributed by atoms with Crippen molar-refractivity contribution in [2.24, 2.45) is 0 Å². The number of anilines is 1. The summed E-state index contributed by atoms with van der Waals surface area (Å²) in [4.78, 5) is 22.7. The van der Waals surface area contributed by atoms with Crippen LogP contribution >= 0.6 is 0 Å². The lowest BCUT2D eigenvalue weighted by atomic mass is 10.1. The Kier molecular flexibility index (Phi) is 6.98. The van der Waals surface area contributed by atoms with Gasteiger partial charge in [-0.05, 0) is 42.0 Å². The lowest BCUT2D eigenvalue weighted by Crippen LogP contribution is -2.14. The summed E-state index contributed by atoms with van der Waals surface area (Å²) >= 11 is 0. The molecule has 0 aliphatic heterocycles. The average Bonchev–Trinajstić information content (AvgIpc) is 2.66. The summed E-state index contributed by atoms with van der Waals surface area (Å²) in [5.74, 6) is -1.43. The molecule has 2 aromatic rings. The van der Waals surface area contributed by atoms with Crippen LogP contribution in [0.5, 0.6) is 5.75 Å². The van der Waals surface area contributed by atoms with Crippen molar-refractivity contribution >= 4 is 23.6 Å². The molecule has 0 radical (unpaired) electrons. The number of amides is 1. The number of benzene rings is 2. The largest absolute Gasteiger partial charge is 0.493 e. The number of carbonyl (C=O) groups excluding carboxylic acids is 1. The Morgan fingerprint density at radius 2 is 1.86 bits per heavy atom. The van der Waals surface area contributed by atoms with Gasteiger partial charge in [0.15, 0.2) is 0 Å². The molecular formula is C20H15F3N2O4. The number of carboxylic acids is 1. The number of nitriles is 1. The van der Waals surface area contributed by atoms with Crippen LogP contribution < -0.4 is 10.1 Å². The van der Waals surface area contributed by atoms with Gasteiger partial charge in [-0.2, -0.15) is 18.4 Å². The number of alkyl halides is 3. The van der Waals surface area contributed by atoms with Gasteiger partial charge in [0.05, 0.1) is 18.6 Å². The molecule has 0 fully saturated rings. The predicted octanol–water partition coefficient (Wildman–Crippen LogP) is 4.10. The molecule has 6 nitrogen and oxygen atoms in total. The molecule has 0 saturated heterocycles. The summed E-state index contributed by atoms with van der Waals surface area (Å²) in [6, 6.07) is 11.9. The van der Waals surface area contributed by atoms with E-state index in [0.717, 1.165) is 18.2 Å². The normalized spacial score (nSPS) is 11.4. The van der Waals surface area contributed by atoms with Gasteiger partial charge >= 0.3 is 12.1 Å². The summed E-state index contributed by atoms with van der Waals surface area (Å²) in [5.41, 5.74) is -0.835. The molecule has 0 spiro atoms. The number of aliphatic carboxylic acids is 1. The van der Waals surface area contributed by atoms with Crippen LogP contribution in [0.25, 0.3) is 6.08 Å². The minimum Gasteiger partial charge on any atom is -0.493 e. The van der Waals surface area contributed by atoms with Gasteiger partial charge in [0.2, 0.25) is 0 Å². The standard InChI is InChI=1S/C20H15F3N2O4/c21-20(22,23)15-2-1-3-16(11-15)25-19(28)14(12-24)10-13-4-6-17(7-5-13)29-9-8-18(26)27/h1-7,10-11H,8-9H2,(H,25,28)(H,26,27)/b14-10+.